The number of hydrogen-bond donors (Lipinski definition) is 1. The van der Waals surface area contributed by atoms with E-state index in [0.717, 1.165) is 0 Å². The molecule has 0 aromatic heterocycles. The van der Waals surface area contributed by atoms with Crippen molar-refractivity contribution in [3.8, 4) is 0 Å². The molecular weight excluding hydrogens is 164 g/mol. The van der Waals surface area contributed by atoms with E-state index in [-0.39, 0.29) is 0 Å². The third-order valence-electron chi connectivity index (χ3n) is 2.78. The maximum atomic E-state index is 4.96. The summed E-state index contributed by atoms with van der Waals surface area (Å²) in [5.74, 6) is 0. The van der Waals surface area contributed by atoms with Crippen LogP contribution in [0.3, 0.4) is 0 Å². The smallest absolute Gasteiger partial charge is 0.0572 e. The van der Waals surface area contributed by atoms with Gasteiger partial charge in [0.05, 0.1) is 7.11 Å². The molecule has 1 aliphatic rings. The summed E-state index contributed by atoms with van der Waals surface area (Å²) in [5, 5.41) is 0. The SMILES string of the molecule is CONC1CCCN(C(C)C)CC1. The zero-order chi connectivity index (χ0) is 9.68. The highest BCUT2D eigenvalue weighted by atomic mass is 16.6. The second kappa shape index (κ2) is 5.58. The van der Waals surface area contributed by atoms with Crippen molar-refractivity contribution >= 4 is 0 Å². The van der Waals surface area contributed by atoms with Gasteiger partial charge in [0.1, 0.15) is 0 Å². The van der Waals surface area contributed by atoms with Crippen molar-refractivity contribution < 1.29 is 4.84 Å². The van der Waals surface area contributed by atoms with Gasteiger partial charge in [0.15, 0.2) is 0 Å². The standard InChI is InChI=1S/C10H22N2O/c1-9(2)12-7-4-5-10(6-8-12)11-13-3/h9-11H,4-8H2,1-3H3. The van der Waals surface area contributed by atoms with Gasteiger partial charge >= 0.3 is 0 Å². The molecule has 3 nitrogen and oxygen atoms in total. The fourth-order valence-electron chi connectivity index (χ4n) is 1.92. The van der Waals surface area contributed by atoms with E-state index >= 15 is 0 Å². The van der Waals surface area contributed by atoms with Crippen LogP contribution in [-0.2, 0) is 4.84 Å². The van der Waals surface area contributed by atoms with E-state index in [1.165, 1.54) is 32.4 Å². The lowest BCUT2D eigenvalue weighted by Crippen LogP contribution is -2.33. The quantitative estimate of drug-likeness (QED) is 0.674. The fourth-order valence-corrected chi connectivity index (χ4v) is 1.92. The minimum absolute atomic E-state index is 0.550. The molecule has 1 aliphatic heterocycles. The van der Waals surface area contributed by atoms with E-state index in [4.69, 9.17) is 4.84 Å². The number of nitrogens with zero attached hydrogens (tertiary/aromatic N) is 1. The molecule has 1 N–H and O–H groups in total. The average molecular weight is 186 g/mol. The highest BCUT2D eigenvalue weighted by Crippen LogP contribution is 2.12. The summed E-state index contributed by atoms with van der Waals surface area (Å²) in [6.07, 6.45) is 3.71. The molecule has 3 heteroatoms. The van der Waals surface area contributed by atoms with Crippen molar-refractivity contribution in [2.24, 2.45) is 0 Å². The van der Waals surface area contributed by atoms with Crippen molar-refractivity contribution in [2.45, 2.75) is 45.2 Å². The van der Waals surface area contributed by atoms with Crippen LogP contribution in [0.25, 0.3) is 0 Å². The average Bonchev–Trinajstić information content (AvgIpc) is 2.30. The molecule has 0 amide bonds. The highest BCUT2D eigenvalue weighted by Gasteiger charge is 2.17. The number of hydroxylamine groups is 1. The van der Waals surface area contributed by atoms with Crippen LogP contribution in [-0.4, -0.2) is 37.2 Å². The molecule has 1 unspecified atom stereocenters. The first-order valence-corrected chi connectivity index (χ1v) is 5.26. The third-order valence-corrected chi connectivity index (χ3v) is 2.78. The van der Waals surface area contributed by atoms with Crippen LogP contribution < -0.4 is 5.48 Å². The summed E-state index contributed by atoms with van der Waals surface area (Å²) < 4.78 is 0. The Labute approximate surface area is 81.4 Å². The topological polar surface area (TPSA) is 24.5 Å². The summed E-state index contributed by atoms with van der Waals surface area (Å²) in [6.45, 7) is 6.96. The Morgan fingerprint density at radius 1 is 1.31 bits per heavy atom. The molecule has 1 rings (SSSR count). The van der Waals surface area contributed by atoms with Crippen LogP contribution in [0.5, 0.6) is 0 Å². The van der Waals surface area contributed by atoms with Crippen LogP contribution in [0.4, 0.5) is 0 Å². The monoisotopic (exact) mass is 186 g/mol. The van der Waals surface area contributed by atoms with E-state index < -0.39 is 0 Å². The van der Waals surface area contributed by atoms with Crippen molar-refractivity contribution in [3.63, 3.8) is 0 Å². The highest BCUT2D eigenvalue weighted by molar-refractivity contribution is 4.74. The van der Waals surface area contributed by atoms with Gasteiger partial charge in [-0.05, 0) is 46.2 Å². The van der Waals surface area contributed by atoms with Crippen LogP contribution in [0.15, 0.2) is 0 Å². The maximum absolute atomic E-state index is 4.96. The summed E-state index contributed by atoms with van der Waals surface area (Å²) in [5.41, 5.74) is 3.06. The fraction of sp³-hybridized carbons (Fsp3) is 1.00. The normalized spacial score (nSPS) is 26.3. The van der Waals surface area contributed by atoms with Crippen LogP contribution >= 0.6 is 0 Å². The van der Waals surface area contributed by atoms with Crippen LogP contribution in [0.2, 0.25) is 0 Å². The van der Waals surface area contributed by atoms with Crippen molar-refractivity contribution in [3.05, 3.63) is 0 Å². The van der Waals surface area contributed by atoms with Crippen molar-refractivity contribution in [1.29, 1.82) is 0 Å². The number of hydrogen-bond acceptors (Lipinski definition) is 3. The minimum atomic E-state index is 0.550. The molecule has 1 saturated heterocycles. The molecule has 0 aliphatic carbocycles. The van der Waals surface area contributed by atoms with Gasteiger partial charge < -0.3 is 9.74 Å². The number of nitrogens with one attached hydrogen (secondary N) is 1. The molecule has 13 heavy (non-hydrogen) atoms. The Morgan fingerprint density at radius 3 is 2.69 bits per heavy atom. The molecule has 0 spiro atoms. The lowest BCUT2D eigenvalue weighted by Gasteiger charge is -2.24. The van der Waals surface area contributed by atoms with Gasteiger partial charge in [0, 0.05) is 12.1 Å². The van der Waals surface area contributed by atoms with Gasteiger partial charge in [-0.2, -0.15) is 5.48 Å². The Bertz CT molecular complexity index is 139. The summed E-state index contributed by atoms with van der Waals surface area (Å²) in [4.78, 5) is 7.50. The number of likely N-dealkylation sites (tertiary alicyclic amines) is 1. The lowest BCUT2D eigenvalue weighted by atomic mass is 10.1. The molecule has 0 aromatic rings. The lowest BCUT2D eigenvalue weighted by molar-refractivity contribution is 0.0558. The van der Waals surface area contributed by atoms with Gasteiger partial charge in [-0.25, -0.2) is 0 Å². The summed E-state index contributed by atoms with van der Waals surface area (Å²) in [7, 11) is 1.70. The number of rotatable bonds is 3. The van der Waals surface area contributed by atoms with Gasteiger partial charge in [-0.15, -0.1) is 0 Å². The Morgan fingerprint density at radius 2 is 2.08 bits per heavy atom. The first-order valence-electron chi connectivity index (χ1n) is 5.26. The van der Waals surface area contributed by atoms with E-state index in [1.807, 2.05) is 0 Å². The molecular formula is C10H22N2O. The first-order chi connectivity index (χ1) is 6.24. The maximum Gasteiger partial charge on any atom is 0.0572 e. The van der Waals surface area contributed by atoms with Crippen LogP contribution in [0.1, 0.15) is 33.1 Å². The van der Waals surface area contributed by atoms with Crippen LogP contribution in [0, 0.1) is 0 Å². The molecule has 1 atom stereocenters. The van der Waals surface area contributed by atoms with E-state index in [2.05, 4.69) is 24.2 Å². The third kappa shape index (κ3) is 3.63. The molecule has 1 heterocycles. The molecule has 0 radical (unpaired) electrons. The van der Waals surface area contributed by atoms with Gasteiger partial charge in [0.25, 0.3) is 0 Å². The van der Waals surface area contributed by atoms with Crippen molar-refractivity contribution in [1.82, 2.24) is 10.4 Å². The summed E-state index contributed by atoms with van der Waals surface area (Å²) >= 11 is 0. The predicted octanol–water partition coefficient (Wildman–Crippen LogP) is 1.40. The van der Waals surface area contributed by atoms with Gasteiger partial charge in [-0.3, -0.25) is 0 Å². The summed E-state index contributed by atoms with van der Waals surface area (Å²) in [6, 6.07) is 1.23. The zero-order valence-electron chi connectivity index (χ0n) is 9.05. The van der Waals surface area contributed by atoms with Gasteiger partial charge in [-0.1, -0.05) is 0 Å². The molecule has 0 bridgehead atoms. The molecule has 1 fully saturated rings. The van der Waals surface area contributed by atoms with E-state index in [1.54, 1.807) is 7.11 Å². The second-order valence-corrected chi connectivity index (χ2v) is 4.08. The predicted molar refractivity (Wildman–Crippen MR) is 54.5 cm³/mol. The minimum Gasteiger partial charge on any atom is -0.305 e. The second-order valence-electron chi connectivity index (χ2n) is 4.08. The van der Waals surface area contributed by atoms with E-state index in [9.17, 15) is 0 Å². The molecule has 78 valence electrons. The Kier molecular flexibility index (Phi) is 4.70. The molecule has 0 aromatic carbocycles. The zero-order valence-corrected chi connectivity index (χ0v) is 9.05. The Balaban J connectivity index is 2.30. The Hall–Kier alpha value is -0.120. The van der Waals surface area contributed by atoms with Gasteiger partial charge in [0.2, 0.25) is 0 Å². The molecule has 0 saturated carbocycles. The largest absolute Gasteiger partial charge is 0.305 e. The van der Waals surface area contributed by atoms with Crippen molar-refractivity contribution in [2.75, 3.05) is 20.2 Å². The van der Waals surface area contributed by atoms with E-state index in [0.29, 0.717) is 12.1 Å². The first kappa shape index (κ1) is 11.0.